The van der Waals surface area contributed by atoms with E-state index in [0.717, 1.165) is 21.4 Å². The van der Waals surface area contributed by atoms with Crippen molar-refractivity contribution in [3.8, 4) is 0 Å². The molecule has 0 spiro atoms. The van der Waals surface area contributed by atoms with Crippen LogP contribution < -0.4 is 4.87 Å². The van der Waals surface area contributed by atoms with Crippen molar-refractivity contribution >= 4 is 33.2 Å². The van der Waals surface area contributed by atoms with E-state index in [9.17, 15) is 9.59 Å². The van der Waals surface area contributed by atoms with Crippen LogP contribution in [0.4, 0.5) is 0 Å². The Bertz CT molecular complexity index is 658. The van der Waals surface area contributed by atoms with Gasteiger partial charge in [-0.15, -0.1) is 0 Å². The van der Waals surface area contributed by atoms with E-state index < -0.39 is 5.97 Å². The van der Waals surface area contributed by atoms with Gasteiger partial charge in [0.1, 0.15) is 4.88 Å². The van der Waals surface area contributed by atoms with Gasteiger partial charge in [0, 0.05) is 10.2 Å². The molecule has 0 amide bonds. The average molecular weight is 342 g/mol. The number of rotatable bonds is 4. The van der Waals surface area contributed by atoms with Gasteiger partial charge in [-0.1, -0.05) is 46.3 Å². The fourth-order valence-corrected chi connectivity index (χ4v) is 3.07. The summed E-state index contributed by atoms with van der Waals surface area (Å²) in [7, 11) is 0. The molecule has 2 aromatic rings. The molecule has 100 valence electrons. The molecule has 0 aliphatic rings. The molecule has 1 heterocycles. The molecule has 2 rings (SSSR count). The van der Waals surface area contributed by atoms with E-state index in [-0.39, 0.29) is 9.75 Å². The fraction of sp³-hybridized carbons (Fsp3) is 0.231. The largest absolute Gasteiger partial charge is 0.477 e. The van der Waals surface area contributed by atoms with Crippen LogP contribution in [-0.4, -0.2) is 15.6 Å². The maximum atomic E-state index is 11.9. The first kappa shape index (κ1) is 14.0. The lowest BCUT2D eigenvalue weighted by molar-refractivity contribution is 0.0700. The van der Waals surface area contributed by atoms with Crippen molar-refractivity contribution in [1.29, 1.82) is 0 Å². The number of hydrogen-bond donors (Lipinski definition) is 1. The summed E-state index contributed by atoms with van der Waals surface area (Å²) in [6.07, 6.45) is 0.525. The summed E-state index contributed by atoms with van der Waals surface area (Å²) < 4.78 is 2.51. The molecular weight excluding hydrogens is 330 g/mol. The number of carboxylic acids is 1. The molecule has 0 aliphatic heterocycles. The highest BCUT2D eigenvalue weighted by atomic mass is 79.9. The lowest BCUT2D eigenvalue weighted by Gasteiger charge is -2.07. The first-order chi connectivity index (χ1) is 9.02. The van der Waals surface area contributed by atoms with Gasteiger partial charge >= 0.3 is 10.8 Å². The Balaban J connectivity index is 2.42. The van der Waals surface area contributed by atoms with Crippen molar-refractivity contribution in [2.24, 2.45) is 0 Å². The first-order valence-corrected chi connectivity index (χ1v) is 7.34. The first-order valence-electron chi connectivity index (χ1n) is 5.73. The third-order valence-electron chi connectivity index (χ3n) is 2.78. The number of carboxylic acid groups (broad SMARTS) is 1. The standard InChI is InChI=1S/C13H12BrNO3S/c1-2-10-11(12(16)17)19-13(18)15(10)7-8-3-5-9(14)6-4-8/h3-6H,2,7H2,1H3,(H,16,17). The molecule has 19 heavy (non-hydrogen) atoms. The van der Waals surface area contributed by atoms with Gasteiger partial charge in [0.15, 0.2) is 0 Å². The Kier molecular flexibility index (Phi) is 4.21. The number of carbonyl (C=O) groups is 1. The summed E-state index contributed by atoms with van der Waals surface area (Å²) in [5, 5.41) is 9.09. The SMILES string of the molecule is CCc1c(C(=O)O)sc(=O)n1Cc1ccc(Br)cc1. The predicted octanol–water partition coefficient (Wildman–Crippen LogP) is 2.98. The van der Waals surface area contributed by atoms with E-state index in [1.54, 1.807) is 0 Å². The second-order valence-electron chi connectivity index (χ2n) is 4.02. The van der Waals surface area contributed by atoms with Crippen LogP contribution in [0.5, 0.6) is 0 Å². The maximum Gasteiger partial charge on any atom is 0.347 e. The van der Waals surface area contributed by atoms with Crippen molar-refractivity contribution < 1.29 is 9.90 Å². The monoisotopic (exact) mass is 341 g/mol. The highest BCUT2D eigenvalue weighted by Gasteiger charge is 2.18. The van der Waals surface area contributed by atoms with Gasteiger partial charge in [-0.05, 0) is 24.1 Å². The van der Waals surface area contributed by atoms with Crippen LogP contribution in [0.2, 0.25) is 0 Å². The third kappa shape index (κ3) is 2.96. The van der Waals surface area contributed by atoms with Gasteiger partial charge in [0.05, 0.1) is 6.54 Å². The van der Waals surface area contributed by atoms with Gasteiger partial charge in [0.25, 0.3) is 0 Å². The number of aromatic carboxylic acids is 1. The Morgan fingerprint density at radius 3 is 2.53 bits per heavy atom. The van der Waals surface area contributed by atoms with Gasteiger partial charge in [-0.3, -0.25) is 9.36 Å². The molecule has 0 saturated carbocycles. The van der Waals surface area contributed by atoms with Crippen molar-refractivity contribution in [2.75, 3.05) is 0 Å². The van der Waals surface area contributed by atoms with Gasteiger partial charge < -0.3 is 5.11 Å². The molecule has 0 atom stereocenters. The highest BCUT2D eigenvalue weighted by molar-refractivity contribution is 9.10. The van der Waals surface area contributed by atoms with Gasteiger partial charge in [0.2, 0.25) is 0 Å². The molecule has 0 radical (unpaired) electrons. The summed E-state index contributed by atoms with van der Waals surface area (Å²) in [4.78, 5) is 22.9. The summed E-state index contributed by atoms with van der Waals surface area (Å²) >= 11 is 4.15. The van der Waals surface area contributed by atoms with Crippen molar-refractivity contribution in [3.63, 3.8) is 0 Å². The van der Waals surface area contributed by atoms with Crippen LogP contribution in [0.15, 0.2) is 33.5 Å². The van der Waals surface area contributed by atoms with Crippen molar-refractivity contribution in [1.82, 2.24) is 4.57 Å². The summed E-state index contributed by atoms with van der Waals surface area (Å²) in [5.41, 5.74) is 1.56. The van der Waals surface area contributed by atoms with Crippen LogP contribution in [0.3, 0.4) is 0 Å². The Hall–Kier alpha value is -1.40. The minimum Gasteiger partial charge on any atom is -0.477 e. The van der Waals surface area contributed by atoms with E-state index >= 15 is 0 Å². The molecule has 0 bridgehead atoms. The number of hydrogen-bond acceptors (Lipinski definition) is 3. The molecule has 4 nitrogen and oxygen atoms in total. The molecule has 0 unspecified atom stereocenters. The average Bonchev–Trinajstić information content (AvgIpc) is 2.69. The van der Waals surface area contributed by atoms with E-state index in [2.05, 4.69) is 15.9 Å². The minimum absolute atomic E-state index is 0.143. The second kappa shape index (κ2) is 5.71. The predicted molar refractivity (Wildman–Crippen MR) is 78.2 cm³/mol. The molecular formula is C13H12BrNO3S. The second-order valence-corrected chi connectivity index (χ2v) is 5.89. The van der Waals surface area contributed by atoms with Gasteiger partial charge in [-0.2, -0.15) is 0 Å². The topological polar surface area (TPSA) is 59.3 Å². The van der Waals surface area contributed by atoms with Crippen LogP contribution in [-0.2, 0) is 13.0 Å². The van der Waals surface area contributed by atoms with E-state index in [1.165, 1.54) is 4.57 Å². The fourth-order valence-electron chi connectivity index (χ4n) is 1.88. The van der Waals surface area contributed by atoms with Crippen molar-refractivity contribution in [2.45, 2.75) is 19.9 Å². The number of nitrogens with zero attached hydrogens (tertiary/aromatic N) is 1. The zero-order valence-corrected chi connectivity index (χ0v) is 12.6. The zero-order chi connectivity index (χ0) is 14.0. The highest BCUT2D eigenvalue weighted by Crippen LogP contribution is 2.16. The van der Waals surface area contributed by atoms with Crippen LogP contribution in [0, 0.1) is 0 Å². The number of thiazole rings is 1. The number of halogens is 1. The normalized spacial score (nSPS) is 10.6. The Labute approximate surface area is 122 Å². The summed E-state index contributed by atoms with van der Waals surface area (Å²) in [6, 6.07) is 7.62. The molecule has 1 aromatic carbocycles. The quantitative estimate of drug-likeness (QED) is 0.929. The van der Waals surface area contributed by atoms with Crippen LogP contribution >= 0.6 is 27.3 Å². The van der Waals surface area contributed by atoms with E-state index in [0.29, 0.717) is 18.7 Å². The van der Waals surface area contributed by atoms with E-state index in [1.807, 2.05) is 31.2 Å². The molecule has 1 N–H and O–H groups in total. The van der Waals surface area contributed by atoms with Crippen LogP contribution in [0.1, 0.15) is 27.9 Å². The minimum atomic E-state index is -1.03. The number of benzene rings is 1. The molecule has 0 fully saturated rings. The van der Waals surface area contributed by atoms with Crippen LogP contribution in [0.25, 0.3) is 0 Å². The molecule has 1 aromatic heterocycles. The third-order valence-corrected chi connectivity index (χ3v) is 4.32. The summed E-state index contributed by atoms with van der Waals surface area (Å²) in [6.45, 7) is 2.26. The molecule has 0 saturated heterocycles. The van der Waals surface area contributed by atoms with E-state index in [4.69, 9.17) is 5.11 Å². The molecule has 6 heteroatoms. The maximum absolute atomic E-state index is 11.9. The summed E-state index contributed by atoms with van der Waals surface area (Å²) in [5.74, 6) is -1.03. The lowest BCUT2D eigenvalue weighted by atomic mass is 10.2. The smallest absolute Gasteiger partial charge is 0.347 e. The molecule has 0 aliphatic carbocycles. The Morgan fingerprint density at radius 1 is 1.37 bits per heavy atom. The van der Waals surface area contributed by atoms with Gasteiger partial charge in [-0.25, -0.2) is 4.79 Å². The van der Waals surface area contributed by atoms with Crippen molar-refractivity contribution in [3.05, 3.63) is 54.5 Å². The Morgan fingerprint density at radius 2 is 2.00 bits per heavy atom. The lowest BCUT2D eigenvalue weighted by Crippen LogP contribution is -2.17. The zero-order valence-electron chi connectivity index (χ0n) is 10.2. The number of aromatic nitrogens is 1.